The van der Waals surface area contributed by atoms with Gasteiger partial charge in [-0.05, 0) is 37.5 Å². The van der Waals surface area contributed by atoms with Crippen LogP contribution in [0.4, 0.5) is 11.4 Å². The molecule has 1 aliphatic carbocycles. The summed E-state index contributed by atoms with van der Waals surface area (Å²) in [7, 11) is 0. The van der Waals surface area contributed by atoms with E-state index in [2.05, 4.69) is 29.3 Å². The molecule has 0 spiro atoms. The predicted molar refractivity (Wildman–Crippen MR) is 64.8 cm³/mol. The topological polar surface area (TPSA) is 32.3 Å². The standard InChI is InChI=1S/C13H16N2O/c1-9-2-5-11-12(8-9)15(10-3-4-10)7-6-13(16)14-11/h2,5,8,10H,3-4,6-7H2,1H3,(H,14,16). The van der Waals surface area contributed by atoms with Crippen molar-refractivity contribution in [3.63, 3.8) is 0 Å². The van der Waals surface area contributed by atoms with Crippen molar-refractivity contribution in [3.05, 3.63) is 23.8 Å². The van der Waals surface area contributed by atoms with Crippen LogP contribution in [-0.4, -0.2) is 18.5 Å². The van der Waals surface area contributed by atoms with Crippen molar-refractivity contribution in [3.8, 4) is 0 Å². The SMILES string of the molecule is Cc1ccc2c(c1)N(C1CC1)CCC(=O)N2. The molecule has 1 fully saturated rings. The van der Waals surface area contributed by atoms with E-state index in [0.717, 1.165) is 12.2 Å². The van der Waals surface area contributed by atoms with E-state index < -0.39 is 0 Å². The monoisotopic (exact) mass is 216 g/mol. The minimum atomic E-state index is 0.133. The molecule has 3 heteroatoms. The van der Waals surface area contributed by atoms with Crippen LogP contribution in [0.15, 0.2) is 18.2 Å². The Morgan fingerprint density at radius 2 is 2.19 bits per heavy atom. The Kier molecular flexibility index (Phi) is 2.13. The highest BCUT2D eigenvalue weighted by atomic mass is 16.1. The zero-order chi connectivity index (χ0) is 11.1. The van der Waals surface area contributed by atoms with E-state index in [1.165, 1.54) is 24.1 Å². The van der Waals surface area contributed by atoms with Crippen molar-refractivity contribution in [2.24, 2.45) is 0 Å². The number of rotatable bonds is 1. The average molecular weight is 216 g/mol. The molecule has 1 N–H and O–H groups in total. The van der Waals surface area contributed by atoms with Crippen LogP contribution in [0, 0.1) is 6.92 Å². The highest BCUT2D eigenvalue weighted by molar-refractivity contribution is 5.96. The van der Waals surface area contributed by atoms with Gasteiger partial charge in [0.1, 0.15) is 0 Å². The largest absolute Gasteiger partial charge is 0.366 e. The van der Waals surface area contributed by atoms with Crippen molar-refractivity contribution in [1.82, 2.24) is 0 Å². The third kappa shape index (κ3) is 1.66. The summed E-state index contributed by atoms with van der Waals surface area (Å²) in [5, 5.41) is 2.98. The first-order chi connectivity index (χ1) is 7.74. The van der Waals surface area contributed by atoms with Gasteiger partial charge in [0.25, 0.3) is 0 Å². The number of hydrogen-bond acceptors (Lipinski definition) is 2. The molecule has 0 bridgehead atoms. The van der Waals surface area contributed by atoms with E-state index in [1.807, 2.05) is 6.07 Å². The number of aryl methyl sites for hydroxylation is 1. The van der Waals surface area contributed by atoms with Gasteiger partial charge in [-0.2, -0.15) is 0 Å². The molecule has 0 aromatic heterocycles. The Labute approximate surface area is 95.4 Å². The molecule has 3 rings (SSSR count). The number of carbonyl (C=O) groups is 1. The van der Waals surface area contributed by atoms with Gasteiger partial charge in [0.15, 0.2) is 0 Å². The molecular formula is C13H16N2O. The number of benzene rings is 1. The summed E-state index contributed by atoms with van der Waals surface area (Å²) < 4.78 is 0. The number of amides is 1. The highest BCUT2D eigenvalue weighted by Gasteiger charge is 2.32. The Bertz CT molecular complexity index is 438. The lowest BCUT2D eigenvalue weighted by molar-refractivity contribution is -0.115. The van der Waals surface area contributed by atoms with Crippen molar-refractivity contribution in [1.29, 1.82) is 0 Å². The third-order valence-corrected chi connectivity index (χ3v) is 3.30. The van der Waals surface area contributed by atoms with Gasteiger partial charge in [-0.25, -0.2) is 0 Å². The molecule has 16 heavy (non-hydrogen) atoms. The lowest BCUT2D eigenvalue weighted by Crippen LogP contribution is -2.26. The van der Waals surface area contributed by atoms with Gasteiger partial charge >= 0.3 is 0 Å². The molecule has 1 heterocycles. The van der Waals surface area contributed by atoms with E-state index >= 15 is 0 Å². The van der Waals surface area contributed by atoms with Gasteiger partial charge in [0, 0.05) is 19.0 Å². The fourth-order valence-electron chi connectivity index (χ4n) is 2.31. The molecular weight excluding hydrogens is 200 g/mol. The van der Waals surface area contributed by atoms with Gasteiger partial charge in [-0.1, -0.05) is 6.07 Å². The van der Waals surface area contributed by atoms with Gasteiger partial charge in [-0.15, -0.1) is 0 Å². The maximum atomic E-state index is 11.6. The van der Waals surface area contributed by atoms with Crippen LogP contribution >= 0.6 is 0 Å². The molecule has 1 aliphatic heterocycles. The van der Waals surface area contributed by atoms with Crippen LogP contribution in [0.2, 0.25) is 0 Å². The second-order valence-electron chi connectivity index (χ2n) is 4.74. The summed E-state index contributed by atoms with van der Waals surface area (Å²) in [4.78, 5) is 14.0. The molecule has 0 saturated heterocycles. The molecule has 0 unspecified atom stereocenters. The fraction of sp³-hybridized carbons (Fsp3) is 0.462. The molecule has 0 radical (unpaired) electrons. The van der Waals surface area contributed by atoms with Gasteiger partial charge < -0.3 is 10.2 Å². The second-order valence-corrected chi connectivity index (χ2v) is 4.74. The van der Waals surface area contributed by atoms with Crippen molar-refractivity contribution in [2.75, 3.05) is 16.8 Å². The summed E-state index contributed by atoms with van der Waals surface area (Å²) in [5.41, 5.74) is 3.42. The molecule has 1 saturated carbocycles. The Morgan fingerprint density at radius 3 is 2.94 bits per heavy atom. The summed E-state index contributed by atoms with van der Waals surface area (Å²) in [6.45, 7) is 2.95. The molecule has 3 nitrogen and oxygen atoms in total. The molecule has 1 aromatic rings. The predicted octanol–water partition coefficient (Wildman–Crippen LogP) is 2.31. The first kappa shape index (κ1) is 9.70. The first-order valence-corrected chi connectivity index (χ1v) is 5.91. The van der Waals surface area contributed by atoms with Crippen LogP contribution in [0.3, 0.4) is 0 Å². The Hall–Kier alpha value is -1.51. The average Bonchev–Trinajstić information content (AvgIpc) is 3.05. The van der Waals surface area contributed by atoms with E-state index in [1.54, 1.807) is 0 Å². The van der Waals surface area contributed by atoms with E-state index in [0.29, 0.717) is 12.5 Å². The quantitative estimate of drug-likeness (QED) is 0.781. The molecule has 0 atom stereocenters. The summed E-state index contributed by atoms with van der Waals surface area (Å²) in [6, 6.07) is 6.91. The van der Waals surface area contributed by atoms with Crippen LogP contribution in [0.1, 0.15) is 24.8 Å². The van der Waals surface area contributed by atoms with Crippen molar-refractivity contribution in [2.45, 2.75) is 32.2 Å². The zero-order valence-electron chi connectivity index (χ0n) is 9.49. The summed E-state index contributed by atoms with van der Waals surface area (Å²) in [6.07, 6.45) is 3.13. The highest BCUT2D eigenvalue weighted by Crippen LogP contribution is 2.37. The number of nitrogens with one attached hydrogen (secondary N) is 1. The number of hydrogen-bond donors (Lipinski definition) is 1. The smallest absolute Gasteiger partial charge is 0.226 e. The van der Waals surface area contributed by atoms with E-state index in [-0.39, 0.29) is 5.91 Å². The number of nitrogens with zero attached hydrogens (tertiary/aromatic N) is 1. The van der Waals surface area contributed by atoms with E-state index in [4.69, 9.17) is 0 Å². The van der Waals surface area contributed by atoms with Crippen LogP contribution < -0.4 is 10.2 Å². The van der Waals surface area contributed by atoms with Gasteiger partial charge in [0.2, 0.25) is 5.91 Å². The second kappa shape index (κ2) is 3.51. The lowest BCUT2D eigenvalue weighted by atomic mass is 10.1. The lowest BCUT2D eigenvalue weighted by Gasteiger charge is -2.24. The van der Waals surface area contributed by atoms with Crippen LogP contribution in [0.5, 0.6) is 0 Å². The van der Waals surface area contributed by atoms with Gasteiger partial charge in [0.05, 0.1) is 11.4 Å². The zero-order valence-corrected chi connectivity index (χ0v) is 9.49. The van der Waals surface area contributed by atoms with Crippen molar-refractivity contribution < 1.29 is 4.79 Å². The maximum absolute atomic E-state index is 11.6. The molecule has 1 aromatic carbocycles. The number of fused-ring (bicyclic) bond motifs is 1. The first-order valence-electron chi connectivity index (χ1n) is 5.91. The Morgan fingerprint density at radius 1 is 1.38 bits per heavy atom. The maximum Gasteiger partial charge on any atom is 0.226 e. The minimum Gasteiger partial charge on any atom is -0.366 e. The molecule has 84 valence electrons. The molecule has 2 aliphatic rings. The van der Waals surface area contributed by atoms with E-state index in [9.17, 15) is 4.79 Å². The van der Waals surface area contributed by atoms with Crippen LogP contribution in [0.25, 0.3) is 0 Å². The summed E-state index contributed by atoms with van der Waals surface area (Å²) in [5.74, 6) is 0.133. The van der Waals surface area contributed by atoms with Gasteiger partial charge in [-0.3, -0.25) is 4.79 Å². The van der Waals surface area contributed by atoms with Crippen LogP contribution in [-0.2, 0) is 4.79 Å². The number of carbonyl (C=O) groups excluding carboxylic acids is 1. The van der Waals surface area contributed by atoms with Crippen molar-refractivity contribution >= 4 is 17.3 Å². The normalized spacial score (nSPS) is 20.1. The third-order valence-electron chi connectivity index (χ3n) is 3.30. The minimum absolute atomic E-state index is 0.133. The summed E-state index contributed by atoms with van der Waals surface area (Å²) >= 11 is 0. The fourth-order valence-corrected chi connectivity index (χ4v) is 2.31. The molecule has 1 amide bonds. The Balaban J connectivity index is 2.04. The number of anilines is 2.